The molecule has 3 aromatic rings. The maximum Gasteiger partial charge on any atom is 0.261 e. The van der Waals surface area contributed by atoms with Crippen molar-refractivity contribution in [3.63, 3.8) is 0 Å². The molecule has 0 amide bonds. The first-order valence-electron chi connectivity index (χ1n) is 9.30. The molecule has 0 spiro atoms. The highest BCUT2D eigenvalue weighted by Gasteiger charge is 2.21. The Hall–Kier alpha value is -2.73. The number of aryl methyl sites for hydroxylation is 1. The largest absolute Gasteiger partial charge is 0.376 e. The van der Waals surface area contributed by atoms with E-state index < -0.39 is 0 Å². The Bertz CT molecular complexity index is 1060. The second-order valence-electron chi connectivity index (χ2n) is 7.15. The van der Waals surface area contributed by atoms with E-state index in [1.807, 2.05) is 26.0 Å². The average Bonchev–Trinajstić information content (AvgIpc) is 3.28. The van der Waals surface area contributed by atoms with E-state index in [1.54, 1.807) is 18.2 Å². The third-order valence-corrected chi connectivity index (χ3v) is 5.33. The highest BCUT2D eigenvalue weighted by Crippen LogP contribution is 2.21. The second kappa shape index (κ2) is 7.12. The van der Waals surface area contributed by atoms with Crippen molar-refractivity contribution in [3.05, 3.63) is 64.0 Å². The third kappa shape index (κ3) is 3.32. The molecule has 0 saturated carbocycles. The standard InChI is InChI=1S/C21H23N3O3/c1-14-10-18(15(2)24(14)11-16-6-5-9-27-16)20(25)12-23-13-22-19-8-4-3-7-17(19)21(23)26/h3-4,7-8,10,13,16H,5-6,9,11-12H2,1-2H3/t16-/m0/s1. The minimum Gasteiger partial charge on any atom is -0.376 e. The Morgan fingerprint density at radius 3 is 2.89 bits per heavy atom. The molecule has 1 saturated heterocycles. The zero-order valence-corrected chi connectivity index (χ0v) is 15.6. The molecule has 1 aliphatic rings. The number of carbonyl (C=O) groups excluding carboxylic acids is 1. The van der Waals surface area contributed by atoms with Crippen molar-refractivity contribution in [1.82, 2.24) is 14.1 Å². The van der Waals surface area contributed by atoms with Crippen LogP contribution < -0.4 is 5.56 Å². The maximum absolute atomic E-state index is 12.9. The predicted molar refractivity (Wildman–Crippen MR) is 103 cm³/mol. The molecular formula is C21H23N3O3. The first-order chi connectivity index (χ1) is 13.0. The molecule has 1 aliphatic heterocycles. The molecule has 140 valence electrons. The van der Waals surface area contributed by atoms with Gasteiger partial charge in [0.15, 0.2) is 5.78 Å². The number of fused-ring (bicyclic) bond motifs is 1. The Morgan fingerprint density at radius 1 is 1.30 bits per heavy atom. The fourth-order valence-electron chi connectivity index (χ4n) is 3.81. The van der Waals surface area contributed by atoms with E-state index >= 15 is 0 Å². The van der Waals surface area contributed by atoms with Gasteiger partial charge in [-0.1, -0.05) is 12.1 Å². The molecule has 6 heteroatoms. The van der Waals surface area contributed by atoms with Crippen molar-refractivity contribution in [3.8, 4) is 0 Å². The van der Waals surface area contributed by atoms with E-state index in [-0.39, 0.29) is 24.0 Å². The first kappa shape index (κ1) is 17.7. The molecule has 27 heavy (non-hydrogen) atoms. The van der Waals surface area contributed by atoms with Crippen LogP contribution in [-0.2, 0) is 17.8 Å². The molecule has 1 aromatic carbocycles. The number of ether oxygens (including phenoxy) is 1. The van der Waals surface area contributed by atoms with E-state index in [0.29, 0.717) is 16.5 Å². The van der Waals surface area contributed by atoms with Crippen LogP contribution in [0.2, 0.25) is 0 Å². The van der Waals surface area contributed by atoms with Gasteiger partial charge < -0.3 is 9.30 Å². The lowest BCUT2D eigenvalue weighted by Crippen LogP contribution is -2.25. The van der Waals surface area contributed by atoms with Gasteiger partial charge in [0.25, 0.3) is 5.56 Å². The van der Waals surface area contributed by atoms with Crippen LogP contribution >= 0.6 is 0 Å². The van der Waals surface area contributed by atoms with Gasteiger partial charge in [0.1, 0.15) is 0 Å². The third-order valence-electron chi connectivity index (χ3n) is 5.33. The SMILES string of the molecule is Cc1cc(C(=O)Cn2cnc3ccccc3c2=O)c(C)n1C[C@@H]1CCCO1. The molecule has 2 aromatic heterocycles. The van der Waals surface area contributed by atoms with Crippen LogP contribution in [0.25, 0.3) is 10.9 Å². The van der Waals surface area contributed by atoms with Crippen molar-refractivity contribution in [2.75, 3.05) is 6.61 Å². The Morgan fingerprint density at radius 2 is 2.11 bits per heavy atom. The number of para-hydroxylation sites is 1. The van der Waals surface area contributed by atoms with Gasteiger partial charge in [0, 0.05) is 30.1 Å². The lowest BCUT2D eigenvalue weighted by molar-refractivity contribution is 0.0948. The maximum atomic E-state index is 12.9. The lowest BCUT2D eigenvalue weighted by Gasteiger charge is -2.15. The summed E-state index contributed by atoms with van der Waals surface area (Å²) in [4.78, 5) is 29.8. The van der Waals surface area contributed by atoms with Crippen molar-refractivity contribution < 1.29 is 9.53 Å². The number of nitrogens with zero attached hydrogens (tertiary/aromatic N) is 3. The summed E-state index contributed by atoms with van der Waals surface area (Å²) < 4.78 is 9.26. The molecule has 0 aliphatic carbocycles. The van der Waals surface area contributed by atoms with E-state index in [4.69, 9.17) is 4.74 Å². The number of ketones is 1. The van der Waals surface area contributed by atoms with Crippen molar-refractivity contribution in [2.24, 2.45) is 0 Å². The molecule has 1 atom stereocenters. The van der Waals surface area contributed by atoms with E-state index in [9.17, 15) is 9.59 Å². The Labute approximate surface area is 157 Å². The summed E-state index contributed by atoms with van der Waals surface area (Å²) in [6.07, 6.45) is 3.81. The van der Waals surface area contributed by atoms with Gasteiger partial charge in [-0.15, -0.1) is 0 Å². The fourth-order valence-corrected chi connectivity index (χ4v) is 3.81. The van der Waals surface area contributed by atoms with Crippen molar-refractivity contribution >= 4 is 16.7 Å². The zero-order chi connectivity index (χ0) is 19.0. The number of Topliss-reactive ketones (excluding diaryl/α,β-unsaturated/α-hetero) is 1. The summed E-state index contributed by atoms with van der Waals surface area (Å²) >= 11 is 0. The number of hydrogen-bond donors (Lipinski definition) is 0. The molecule has 0 radical (unpaired) electrons. The van der Waals surface area contributed by atoms with Gasteiger partial charge in [-0.25, -0.2) is 4.98 Å². The van der Waals surface area contributed by atoms with Gasteiger partial charge in [0.05, 0.1) is 29.9 Å². The highest BCUT2D eigenvalue weighted by molar-refractivity contribution is 5.97. The van der Waals surface area contributed by atoms with E-state index in [1.165, 1.54) is 10.9 Å². The van der Waals surface area contributed by atoms with Crippen LogP contribution in [0.4, 0.5) is 0 Å². The molecule has 6 nitrogen and oxygen atoms in total. The summed E-state index contributed by atoms with van der Waals surface area (Å²) in [6, 6.07) is 9.08. The average molecular weight is 365 g/mol. The summed E-state index contributed by atoms with van der Waals surface area (Å²) in [5.41, 5.74) is 3.07. The topological polar surface area (TPSA) is 66.1 Å². The number of carbonyl (C=O) groups is 1. The Balaban J connectivity index is 1.60. The van der Waals surface area contributed by atoms with Gasteiger partial charge in [-0.3, -0.25) is 14.2 Å². The van der Waals surface area contributed by atoms with Crippen LogP contribution in [0.5, 0.6) is 0 Å². The van der Waals surface area contributed by atoms with E-state index in [0.717, 1.165) is 37.4 Å². The van der Waals surface area contributed by atoms with Crippen LogP contribution in [0, 0.1) is 13.8 Å². The van der Waals surface area contributed by atoms with Crippen molar-refractivity contribution in [2.45, 2.75) is 45.9 Å². The number of benzene rings is 1. The van der Waals surface area contributed by atoms with Gasteiger partial charge >= 0.3 is 0 Å². The summed E-state index contributed by atoms with van der Waals surface area (Å²) in [7, 11) is 0. The zero-order valence-electron chi connectivity index (χ0n) is 15.6. The highest BCUT2D eigenvalue weighted by atomic mass is 16.5. The molecular weight excluding hydrogens is 342 g/mol. The van der Waals surface area contributed by atoms with Crippen LogP contribution in [-0.4, -0.2) is 32.6 Å². The minimum atomic E-state index is -0.192. The monoisotopic (exact) mass is 365 g/mol. The lowest BCUT2D eigenvalue weighted by atomic mass is 10.1. The number of hydrogen-bond acceptors (Lipinski definition) is 4. The summed E-state index contributed by atoms with van der Waals surface area (Å²) in [5, 5.41) is 0.525. The Kier molecular flexibility index (Phi) is 4.66. The predicted octanol–water partition coefficient (Wildman–Crippen LogP) is 2.88. The quantitative estimate of drug-likeness (QED) is 0.652. The van der Waals surface area contributed by atoms with Crippen LogP contribution in [0.1, 0.15) is 34.6 Å². The van der Waals surface area contributed by atoms with Crippen LogP contribution in [0.15, 0.2) is 41.5 Å². The molecule has 0 N–H and O–H groups in total. The summed E-state index contributed by atoms with van der Waals surface area (Å²) in [6.45, 7) is 5.52. The molecule has 0 bridgehead atoms. The van der Waals surface area contributed by atoms with Crippen LogP contribution in [0.3, 0.4) is 0 Å². The van der Waals surface area contributed by atoms with Gasteiger partial charge in [-0.2, -0.15) is 0 Å². The number of aromatic nitrogens is 3. The smallest absolute Gasteiger partial charge is 0.261 e. The molecule has 3 heterocycles. The minimum absolute atomic E-state index is 0.0130. The van der Waals surface area contributed by atoms with Gasteiger partial charge in [-0.05, 0) is 44.9 Å². The molecule has 1 fully saturated rings. The van der Waals surface area contributed by atoms with Crippen molar-refractivity contribution in [1.29, 1.82) is 0 Å². The normalized spacial score (nSPS) is 16.9. The summed E-state index contributed by atoms with van der Waals surface area (Å²) in [5.74, 6) is -0.0825. The number of rotatable bonds is 5. The molecule has 4 rings (SSSR count). The second-order valence-corrected chi connectivity index (χ2v) is 7.15. The molecule has 0 unspecified atom stereocenters. The fraction of sp³-hybridized carbons (Fsp3) is 0.381. The van der Waals surface area contributed by atoms with E-state index in [2.05, 4.69) is 9.55 Å². The first-order valence-corrected chi connectivity index (χ1v) is 9.30. The van der Waals surface area contributed by atoms with Gasteiger partial charge in [0.2, 0.25) is 0 Å².